The van der Waals surface area contributed by atoms with E-state index in [0.29, 0.717) is 6.42 Å². The minimum absolute atomic E-state index is 0.0390. The number of hydrogen-bond acceptors (Lipinski definition) is 3. The van der Waals surface area contributed by atoms with E-state index in [-0.39, 0.29) is 17.2 Å². The van der Waals surface area contributed by atoms with Crippen molar-refractivity contribution in [3.63, 3.8) is 0 Å². The van der Waals surface area contributed by atoms with Crippen molar-refractivity contribution < 1.29 is 9.53 Å². The summed E-state index contributed by atoms with van der Waals surface area (Å²) in [5, 5.41) is 3.82. The fourth-order valence-corrected chi connectivity index (χ4v) is 4.28. The topological polar surface area (TPSA) is 41.6 Å². The Morgan fingerprint density at radius 1 is 1.14 bits per heavy atom. The van der Waals surface area contributed by atoms with Gasteiger partial charge in [-0.05, 0) is 60.1 Å². The van der Waals surface area contributed by atoms with Gasteiger partial charge in [0.15, 0.2) is 0 Å². The zero-order chi connectivity index (χ0) is 19.6. The smallest absolute Gasteiger partial charge is 0.225 e. The van der Waals surface area contributed by atoms with E-state index in [1.807, 2.05) is 30.3 Å². The zero-order valence-corrected chi connectivity index (χ0v) is 17.0. The molecule has 0 spiro atoms. The molecule has 1 atom stereocenters. The molecule has 1 amide bonds. The molecule has 2 fully saturated rings. The highest BCUT2D eigenvalue weighted by molar-refractivity contribution is 6.31. The number of hydrogen-bond donors (Lipinski definition) is 1. The summed E-state index contributed by atoms with van der Waals surface area (Å²) in [6.45, 7) is 5.60. The van der Waals surface area contributed by atoms with Crippen LogP contribution in [0.3, 0.4) is 0 Å². The van der Waals surface area contributed by atoms with Crippen molar-refractivity contribution in [2.75, 3.05) is 36.5 Å². The van der Waals surface area contributed by atoms with Gasteiger partial charge >= 0.3 is 0 Å². The van der Waals surface area contributed by atoms with Crippen LogP contribution in [-0.4, -0.2) is 32.2 Å². The van der Waals surface area contributed by atoms with Crippen LogP contribution in [-0.2, 0) is 9.53 Å². The second kappa shape index (κ2) is 8.14. The van der Waals surface area contributed by atoms with E-state index in [4.69, 9.17) is 16.3 Å². The molecule has 5 heteroatoms. The molecule has 2 aromatic rings. The third-order valence-electron chi connectivity index (χ3n) is 6.08. The van der Waals surface area contributed by atoms with E-state index < -0.39 is 0 Å². The van der Waals surface area contributed by atoms with Crippen LogP contribution in [0.15, 0.2) is 48.5 Å². The summed E-state index contributed by atoms with van der Waals surface area (Å²) < 4.78 is 5.40. The minimum atomic E-state index is 0.0390. The molecule has 0 aromatic heterocycles. The van der Waals surface area contributed by atoms with E-state index in [9.17, 15) is 4.79 Å². The van der Waals surface area contributed by atoms with E-state index in [0.717, 1.165) is 55.4 Å². The van der Waals surface area contributed by atoms with Gasteiger partial charge in [0.25, 0.3) is 0 Å². The molecule has 2 aliphatic rings. The Balaban J connectivity index is 1.42. The number of benzene rings is 2. The summed E-state index contributed by atoms with van der Waals surface area (Å²) in [4.78, 5) is 15.1. The summed E-state index contributed by atoms with van der Waals surface area (Å²) in [7, 11) is 0. The van der Waals surface area contributed by atoms with Crippen LogP contribution in [0.5, 0.6) is 0 Å². The van der Waals surface area contributed by atoms with Crippen LogP contribution in [0.25, 0.3) is 0 Å². The number of carbonyl (C=O) groups is 1. The van der Waals surface area contributed by atoms with Crippen molar-refractivity contribution in [1.29, 1.82) is 0 Å². The summed E-state index contributed by atoms with van der Waals surface area (Å²) in [6, 6.07) is 16.0. The molecule has 148 valence electrons. The van der Waals surface area contributed by atoms with Gasteiger partial charge in [-0.1, -0.05) is 36.7 Å². The van der Waals surface area contributed by atoms with Crippen LogP contribution in [0.1, 0.15) is 37.7 Å². The lowest BCUT2D eigenvalue weighted by atomic mass is 9.82. The first kappa shape index (κ1) is 19.3. The fourth-order valence-electron chi connectivity index (χ4n) is 4.01. The molecule has 28 heavy (non-hydrogen) atoms. The monoisotopic (exact) mass is 398 g/mol. The first-order valence-electron chi connectivity index (χ1n) is 10.0. The average Bonchev–Trinajstić information content (AvgIpc) is 3.46. The van der Waals surface area contributed by atoms with Gasteiger partial charge in [0.05, 0.1) is 13.2 Å². The number of rotatable bonds is 6. The van der Waals surface area contributed by atoms with Crippen molar-refractivity contribution in [1.82, 2.24) is 0 Å². The maximum atomic E-state index is 12.8. The van der Waals surface area contributed by atoms with Gasteiger partial charge < -0.3 is 15.0 Å². The fraction of sp³-hybridized carbons (Fsp3) is 0.435. The lowest BCUT2D eigenvalue weighted by Crippen LogP contribution is -2.36. The third kappa shape index (κ3) is 4.34. The molecule has 1 N–H and O–H groups in total. The third-order valence-corrected chi connectivity index (χ3v) is 6.42. The summed E-state index contributed by atoms with van der Waals surface area (Å²) in [5.74, 6) is 0.186. The van der Waals surface area contributed by atoms with Gasteiger partial charge in [0, 0.05) is 35.9 Å². The summed E-state index contributed by atoms with van der Waals surface area (Å²) in [6.07, 6.45) is 2.74. The zero-order valence-electron chi connectivity index (χ0n) is 16.3. The molecule has 0 radical (unpaired) electrons. The second-order valence-corrected chi connectivity index (χ2v) is 8.53. The highest BCUT2D eigenvalue weighted by atomic mass is 35.5. The molecule has 2 aromatic carbocycles. The van der Waals surface area contributed by atoms with Crippen LogP contribution in [0, 0.1) is 5.41 Å². The molecule has 1 saturated heterocycles. The predicted octanol–water partition coefficient (Wildman–Crippen LogP) is 5.09. The lowest BCUT2D eigenvalue weighted by molar-refractivity contribution is -0.116. The van der Waals surface area contributed by atoms with Gasteiger partial charge in [-0.3, -0.25) is 4.79 Å². The Morgan fingerprint density at radius 2 is 1.82 bits per heavy atom. The highest BCUT2D eigenvalue weighted by Gasteiger charge is 2.46. The largest absolute Gasteiger partial charge is 0.378 e. The Bertz CT molecular complexity index is 827. The second-order valence-electron chi connectivity index (χ2n) is 8.13. The van der Waals surface area contributed by atoms with Gasteiger partial charge in [-0.2, -0.15) is 0 Å². The molecular formula is C23H27ClN2O2. The predicted molar refractivity (Wildman–Crippen MR) is 114 cm³/mol. The molecule has 4 nitrogen and oxygen atoms in total. The number of halogens is 1. The van der Waals surface area contributed by atoms with Crippen LogP contribution < -0.4 is 10.2 Å². The SMILES string of the molecule is CC1(C(CC(=O)Nc2ccc(N3CCOCC3)cc2)c2ccccc2Cl)CC1. The van der Waals surface area contributed by atoms with Crippen LogP contribution in [0.4, 0.5) is 11.4 Å². The first-order chi connectivity index (χ1) is 13.5. The van der Waals surface area contributed by atoms with Crippen molar-refractivity contribution >= 4 is 28.9 Å². The molecule has 1 aliphatic carbocycles. The van der Waals surface area contributed by atoms with E-state index in [1.54, 1.807) is 0 Å². The van der Waals surface area contributed by atoms with Gasteiger partial charge in [-0.15, -0.1) is 0 Å². The number of ether oxygens (including phenoxy) is 1. The molecule has 1 heterocycles. The van der Waals surface area contributed by atoms with E-state index in [1.165, 1.54) is 5.69 Å². The Kier molecular flexibility index (Phi) is 5.61. The van der Waals surface area contributed by atoms with Crippen molar-refractivity contribution in [2.24, 2.45) is 5.41 Å². The van der Waals surface area contributed by atoms with Crippen molar-refractivity contribution in [2.45, 2.75) is 32.1 Å². The van der Waals surface area contributed by atoms with Gasteiger partial charge in [-0.25, -0.2) is 0 Å². The van der Waals surface area contributed by atoms with Crippen LogP contribution >= 0.6 is 11.6 Å². The van der Waals surface area contributed by atoms with Crippen molar-refractivity contribution in [3.8, 4) is 0 Å². The van der Waals surface area contributed by atoms with Crippen molar-refractivity contribution in [3.05, 3.63) is 59.1 Å². The maximum Gasteiger partial charge on any atom is 0.225 e. The Morgan fingerprint density at radius 3 is 2.46 bits per heavy atom. The molecular weight excluding hydrogens is 372 g/mol. The summed E-state index contributed by atoms with van der Waals surface area (Å²) >= 11 is 6.44. The van der Waals surface area contributed by atoms with Gasteiger partial charge in [0.1, 0.15) is 0 Å². The van der Waals surface area contributed by atoms with Crippen LogP contribution in [0.2, 0.25) is 5.02 Å². The Labute approximate surface area is 171 Å². The quantitative estimate of drug-likeness (QED) is 0.736. The molecule has 0 bridgehead atoms. The number of morpholine rings is 1. The molecule has 1 unspecified atom stereocenters. The lowest BCUT2D eigenvalue weighted by Gasteiger charge is -2.29. The van der Waals surface area contributed by atoms with Gasteiger partial charge in [0.2, 0.25) is 5.91 Å². The number of nitrogens with one attached hydrogen (secondary N) is 1. The van der Waals surface area contributed by atoms with E-state index in [2.05, 4.69) is 35.3 Å². The minimum Gasteiger partial charge on any atom is -0.378 e. The standard InChI is InChI=1S/C23H27ClN2O2/c1-23(10-11-23)20(19-4-2-3-5-21(19)24)16-22(27)25-17-6-8-18(9-7-17)26-12-14-28-15-13-26/h2-9,20H,10-16H2,1H3,(H,25,27). The molecule has 4 rings (SSSR count). The van der Waals surface area contributed by atoms with E-state index >= 15 is 0 Å². The molecule has 1 saturated carbocycles. The number of anilines is 2. The average molecular weight is 399 g/mol. The normalized spacial score (nSPS) is 19.1. The highest BCUT2D eigenvalue weighted by Crippen LogP contribution is 2.57. The number of amides is 1. The molecule has 1 aliphatic heterocycles. The number of carbonyl (C=O) groups excluding carboxylic acids is 1. The summed E-state index contributed by atoms with van der Waals surface area (Å²) in [5.41, 5.74) is 3.26. The Hall–Kier alpha value is -2.04. The first-order valence-corrected chi connectivity index (χ1v) is 10.4. The maximum absolute atomic E-state index is 12.8. The number of nitrogens with zero attached hydrogens (tertiary/aromatic N) is 1.